The minimum Gasteiger partial charge on any atom is -0.316 e. The zero-order valence-corrected chi connectivity index (χ0v) is 17.4. The van der Waals surface area contributed by atoms with Crippen molar-refractivity contribution >= 4 is 0 Å². The molecule has 2 nitrogen and oxygen atoms in total. The number of alkyl halides is 2. The van der Waals surface area contributed by atoms with Crippen LogP contribution in [0.1, 0.15) is 60.8 Å². The van der Waals surface area contributed by atoms with Gasteiger partial charge in [0.2, 0.25) is 0 Å². The normalized spacial score (nSPS) is 19.5. The maximum atomic E-state index is 14.4. The minimum atomic E-state index is -3.51. The topological polar surface area (TPSA) is 33.0 Å². The van der Waals surface area contributed by atoms with Crippen molar-refractivity contribution in [2.24, 2.45) is 5.92 Å². The number of benzene rings is 2. The molecule has 164 valence electrons. The van der Waals surface area contributed by atoms with E-state index >= 15 is 0 Å². The molecule has 0 amide bonds. The van der Waals surface area contributed by atoms with Crippen LogP contribution in [0, 0.1) is 28.9 Å². The molecule has 0 saturated heterocycles. The number of rotatable bonds is 7. The van der Waals surface area contributed by atoms with Gasteiger partial charge < -0.3 is 4.74 Å². The molecule has 2 aromatic carbocycles. The highest BCUT2D eigenvalue weighted by atomic mass is 19.3. The van der Waals surface area contributed by atoms with Crippen LogP contribution in [-0.2, 0) is 17.3 Å². The summed E-state index contributed by atoms with van der Waals surface area (Å²) in [6, 6.07) is 9.58. The summed E-state index contributed by atoms with van der Waals surface area (Å²) in [5, 5.41) is 8.68. The van der Waals surface area contributed by atoms with E-state index in [1.807, 2.05) is 6.92 Å². The molecular weight excluding hydrogens is 406 g/mol. The number of allylic oxidation sites excluding steroid dienone is 2. The van der Waals surface area contributed by atoms with E-state index in [-0.39, 0.29) is 17.5 Å². The summed E-state index contributed by atoms with van der Waals surface area (Å²) in [4.78, 5) is 0. The predicted molar refractivity (Wildman–Crippen MR) is 111 cm³/mol. The Morgan fingerprint density at radius 1 is 1.06 bits per heavy atom. The van der Waals surface area contributed by atoms with Gasteiger partial charge in [0.1, 0.15) is 23.3 Å². The van der Waals surface area contributed by atoms with E-state index in [0.717, 1.165) is 43.4 Å². The van der Waals surface area contributed by atoms with E-state index in [4.69, 9.17) is 10.00 Å². The molecule has 0 bridgehead atoms. The number of ether oxygens (including phenoxy) is 1. The first-order valence-electron chi connectivity index (χ1n) is 10.5. The van der Waals surface area contributed by atoms with Crippen molar-refractivity contribution in [3.63, 3.8) is 0 Å². The Balaban J connectivity index is 1.57. The molecule has 0 spiro atoms. The summed E-state index contributed by atoms with van der Waals surface area (Å²) in [6.07, 6.45) is 4.99. The fraction of sp³-hybridized carbons (Fsp3) is 0.400. The van der Waals surface area contributed by atoms with Gasteiger partial charge in [-0.3, -0.25) is 0 Å². The second kappa shape index (κ2) is 10.1. The Hall–Kier alpha value is -2.65. The molecule has 0 aromatic heterocycles. The number of hydrogen-bond acceptors (Lipinski definition) is 2. The Kier molecular flexibility index (Phi) is 7.50. The van der Waals surface area contributed by atoms with Gasteiger partial charge in [0, 0.05) is 0 Å². The number of halogens is 4. The Labute approximate surface area is 180 Å². The van der Waals surface area contributed by atoms with Crippen LogP contribution in [0.15, 0.2) is 48.6 Å². The van der Waals surface area contributed by atoms with Gasteiger partial charge in [0.15, 0.2) is 0 Å². The van der Waals surface area contributed by atoms with Crippen molar-refractivity contribution in [1.82, 2.24) is 0 Å². The van der Waals surface area contributed by atoms with E-state index in [1.165, 1.54) is 18.2 Å². The molecular formula is C25H25F4NO. The van der Waals surface area contributed by atoms with Crippen LogP contribution >= 0.6 is 0 Å². The molecule has 1 aliphatic rings. The Morgan fingerprint density at radius 2 is 1.68 bits per heavy atom. The lowest BCUT2D eigenvalue weighted by atomic mass is 9.78. The van der Waals surface area contributed by atoms with Gasteiger partial charge in [-0.05, 0) is 74.1 Å². The van der Waals surface area contributed by atoms with Gasteiger partial charge in [-0.25, -0.2) is 8.78 Å². The SMILES string of the molecule is C/C=C/C1CCC(c2ccc(C(F)(F)OCCc3cc(F)c(C#N)c(F)c3)cc2)CC1. The molecule has 6 heteroatoms. The van der Waals surface area contributed by atoms with Crippen LogP contribution in [0.4, 0.5) is 17.6 Å². The average Bonchev–Trinajstić information content (AvgIpc) is 2.74. The first-order valence-corrected chi connectivity index (χ1v) is 10.5. The summed E-state index contributed by atoms with van der Waals surface area (Å²) < 4.78 is 60.8. The lowest BCUT2D eigenvalue weighted by Crippen LogP contribution is -2.20. The largest absolute Gasteiger partial charge is 0.383 e. The van der Waals surface area contributed by atoms with Gasteiger partial charge >= 0.3 is 6.11 Å². The number of hydrogen-bond donors (Lipinski definition) is 0. The van der Waals surface area contributed by atoms with E-state index in [9.17, 15) is 17.6 Å². The zero-order chi connectivity index (χ0) is 22.4. The molecule has 1 fully saturated rings. The first-order chi connectivity index (χ1) is 14.8. The summed E-state index contributed by atoms with van der Waals surface area (Å²) in [5.74, 6) is -1.04. The third kappa shape index (κ3) is 5.74. The minimum absolute atomic E-state index is 0.108. The molecule has 0 radical (unpaired) electrons. The highest BCUT2D eigenvalue weighted by Crippen LogP contribution is 2.37. The molecule has 1 aliphatic carbocycles. The molecule has 2 aromatic rings. The van der Waals surface area contributed by atoms with Crippen LogP contribution in [0.2, 0.25) is 0 Å². The lowest BCUT2D eigenvalue weighted by Gasteiger charge is -2.27. The van der Waals surface area contributed by atoms with Crippen LogP contribution < -0.4 is 0 Å². The van der Waals surface area contributed by atoms with Gasteiger partial charge in [-0.15, -0.1) is 0 Å². The summed E-state index contributed by atoms with van der Waals surface area (Å²) >= 11 is 0. The maximum Gasteiger partial charge on any atom is 0.383 e. The van der Waals surface area contributed by atoms with Crippen LogP contribution in [-0.4, -0.2) is 6.61 Å². The monoisotopic (exact) mass is 431 g/mol. The van der Waals surface area contributed by atoms with Crippen molar-refractivity contribution in [2.45, 2.75) is 51.1 Å². The van der Waals surface area contributed by atoms with Gasteiger partial charge in [-0.1, -0.05) is 36.4 Å². The highest BCUT2D eigenvalue weighted by Gasteiger charge is 2.33. The first kappa shape index (κ1) is 23.0. The lowest BCUT2D eigenvalue weighted by molar-refractivity contribution is -0.248. The molecule has 0 aliphatic heterocycles. The second-order valence-electron chi connectivity index (χ2n) is 7.92. The van der Waals surface area contributed by atoms with Crippen molar-refractivity contribution in [3.8, 4) is 6.07 Å². The molecule has 0 heterocycles. The summed E-state index contributed by atoms with van der Waals surface area (Å²) in [6.45, 7) is 1.60. The van der Waals surface area contributed by atoms with Crippen LogP contribution in [0.25, 0.3) is 0 Å². The average molecular weight is 431 g/mol. The Bertz CT molecular complexity index is 931. The van der Waals surface area contributed by atoms with Crippen molar-refractivity contribution in [1.29, 1.82) is 5.26 Å². The fourth-order valence-corrected chi connectivity index (χ4v) is 4.12. The third-order valence-electron chi connectivity index (χ3n) is 5.84. The zero-order valence-electron chi connectivity index (χ0n) is 17.4. The van der Waals surface area contributed by atoms with Crippen molar-refractivity contribution < 1.29 is 22.3 Å². The maximum absolute atomic E-state index is 14.4. The quantitative estimate of drug-likeness (QED) is 0.349. The molecule has 31 heavy (non-hydrogen) atoms. The van der Waals surface area contributed by atoms with E-state index < -0.39 is 29.9 Å². The number of nitrogens with zero attached hydrogens (tertiary/aromatic N) is 1. The van der Waals surface area contributed by atoms with Crippen molar-refractivity contribution in [2.75, 3.05) is 6.61 Å². The summed E-state index contributed by atoms with van der Waals surface area (Å²) in [5.41, 5.74) is 0.261. The van der Waals surface area contributed by atoms with E-state index in [0.29, 0.717) is 11.8 Å². The molecule has 3 rings (SSSR count). The molecule has 0 unspecified atom stereocenters. The predicted octanol–water partition coefficient (Wildman–Crippen LogP) is 6.99. The third-order valence-corrected chi connectivity index (χ3v) is 5.84. The summed E-state index contributed by atoms with van der Waals surface area (Å²) in [7, 11) is 0. The fourth-order valence-electron chi connectivity index (χ4n) is 4.12. The molecule has 0 N–H and O–H groups in total. The van der Waals surface area contributed by atoms with Crippen molar-refractivity contribution in [3.05, 3.63) is 82.4 Å². The van der Waals surface area contributed by atoms with Crippen LogP contribution in [0.5, 0.6) is 0 Å². The molecule has 0 atom stereocenters. The smallest absolute Gasteiger partial charge is 0.316 e. The second-order valence-corrected chi connectivity index (χ2v) is 7.92. The van der Waals surface area contributed by atoms with E-state index in [1.54, 1.807) is 12.1 Å². The van der Waals surface area contributed by atoms with Gasteiger partial charge in [-0.2, -0.15) is 14.0 Å². The van der Waals surface area contributed by atoms with Gasteiger partial charge in [0.05, 0.1) is 12.2 Å². The van der Waals surface area contributed by atoms with Gasteiger partial charge in [0.25, 0.3) is 0 Å². The van der Waals surface area contributed by atoms with Crippen LogP contribution in [0.3, 0.4) is 0 Å². The Morgan fingerprint density at radius 3 is 2.23 bits per heavy atom. The molecule has 1 saturated carbocycles. The number of nitriles is 1. The van der Waals surface area contributed by atoms with E-state index in [2.05, 4.69) is 12.2 Å². The standard InChI is InChI=1S/C25H25F4NO/c1-2-3-17-4-6-19(7-5-17)20-8-10-21(11-9-20)25(28,29)31-13-12-18-14-23(26)22(16-30)24(27)15-18/h2-3,8-11,14-15,17,19H,4-7,12-13H2,1H3/b3-2+. The highest BCUT2D eigenvalue weighted by molar-refractivity contribution is 5.35.